The Morgan fingerprint density at radius 1 is 1.50 bits per heavy atom. The highest BCUT2D eigenvalue weighted by molar-refractivity contribution is 6.30. The Bertz CT molecular complexity index is 624. The van der Waals surface area contributed by atoms with Crippen molar-refractivity contribution in [3.63, 3.8) is 0 Å². The van der Waals surface area contributed by atoms with E-state index < -0.39 is 11.9 Å². The van der Waals surface area contributed by atoms with Crippen molar-refractivity contribution >= 4 is 23.4 Å². The molecule has 0 aromatic heterocycles. The first-order valence-corrected chi connectivity index (χ1v) is 8.38. The lowest BCUT2D eigenvalue weighted by Gasteiger charge is -2.35. The summed E-state index contributed by atoms with van der Waals surface area (Å²) < 4.78 is 13.6. The molecule has 0 unspecified atom stereocenters. The van der Waals surface area contributed by atoms with Gasteiger partial charge in [-0.25, -0.2) is 4.39 Å². The average Bonchev–Trinajstić information content (AvgIpc) is 2.53. The maximum atomic E-state index is 13.6. The van der Waals surface area contributed by atoms with E-state index >= 15 is 0 Å². The SMILES string of the molecule is CC(C)N(C)C(=O)C[C@@H]1C(=O)NCCN1Cc1ccc(Cl)c(F)c1. The van der Waals surface area contributed by atoms with Crippen LogP contribution in [0.2, 0.25) is 5.02 Å². The third-order valence-electron chi connectivity index (χ3n) is 4.35. The molecule has 1 fully saturated rings. The summed E-state index contributed by atoms with van der Waals surface area (Å²) in [5.41, 5.74) is 0.723. The van der Waals surface area contributed by atoms with E-state index in [9.17, 15) is 14.0 Å². The lowest BCUT2D eigenvalue weighted by atomic mass is 10.1. The van der Waals surface area contributed by atoms with E-state index in [1.807, 2.05) is 18.7 Å². The topological polar surface area (TPSA) is 52.7 Å². The number of carbonyl (C=O) groups excluding carboxylic acids is 2. The maximum Gasteiger partial charge on any atom is 0.237 e. The van der Waals surface area contributed by atoms with E-state index in [1.165, 1.54) is 12.1 Å². The molecule has 1 aromatic rings. The summed E-state index contributed by atoms with van der Waals surface area (Å²) >= 11 is 5.71. The molecule has 1 aromatic carbocycles. The predicted molar refractivity (Wildman–Crippen MR) is 91.1 cm³/mol. The van der Waals surface area contributed by atoms with Crippen molar-refractivity contribution in [1.29, 1.82) is 0 Å². The maximum absolute atomic E-state index is 13.6. The van der Waals surface area contributed by atoms with Gasteiger partial charge < -0.3 is 10.2 Å². The highest BCUT2D eigenvalue weighted by Gasteiger charge is 2.32. The highest BCUT2D eigenvalue weighted by atomic mass is 35.5. The van der Waals surface area contributed by atoms with Crippen molar-refractivity contribution in [3.8, 4) is 0 Å². The molecule has 0 aliphatic carbocycles. The molecular weight excluding hydrogens is 333 g/mol. The average molecular weight is 356 g/mol. The first-order valence-electron chi connectivity index (χ1n) is 8.01. The number of hydrogen-bond acceptors (Lipinski definition) is 3. The van der Waals surface area contributed by atoms with Crippen LogP contribution < -0.4 is 5.32 Å². The van der Waals surface area contributed by atoms with Gasteiger partial charge in [-0.1, -0.05) is 17.7 Å². The number of carbonyl (C=O) groups is 2. The molecule has 2 amide bonds. The molecule has 5 nitrogen and oxygen atoms in total. The van der Waals surface area contributed by atoms with Crippen molar-refractivity contribution in [3.05, 3.63) is 34.6 Å². The molecule has 1 saturated heterocycles. The summed E-state index contributed by atoms with van der Waals surface area (Å²) in [5, 5.41) is 2.87. The molecule has 0 bridgehead atoms. The van der Waals surface area contributed by atoms with E-state index in [0.717, 1.165) is 5.56 Å². The zero-order valence-electron chi connectivity index (χ0n) is 14.2. The van der Waals surface area contributed by atoms with Crippen LogP contribution in [0.25, 0.3) is 0 Å². The van der Waals surface area contributed by atoms with Crippen molar-refractivity contribution in [2.75, 3.05) is 20.1 Å². The van der Waals surface area contributed by atoms with Crippen LogP contribution in [0.15, 0.2) is 18.2 Å². The third kappa shape index (κ3) is 4.45. The minimum atomic E-state index is -0.550. The fourth-order valence-electron chi connectivity index (χ4n) is 2.64. The minimum absolute atomic E-state index is 0.0698. The number of hydrogen-bond donors (Lipinski definition) is 1. The van der Waals surface area contributed by atoms with Gasteiger partial charge in [0.25, 0.3) is 0 Å². The third-order valence-corrected chi connectivity index (χ3v) is 4.65. The molecule has 0 spiro atoms. The van der Waals surface area contributed by atoms with Gasteiger partial charge in [0, 0.05) is 32.7 Å². The van der Waals surface area contributed by atoms with E-state index in [1.54, 1.807) is 18.0 Å². The van der Waals surface area contributed by atoms with Crippen LogP contribution in [0.5, 0.6) is 0 Å². The Kier molecular flexibility index (Phi) is 6.18. The molecule has 0 saturated carbocycles. The summed E-state index contributed by atoms with van der Waals surface area (Å²) in [6.07, 6.45) is 0.108. The number of nitrogens with zero attached hydrogens (tertiary/aromatic N) is 2. The van der Waals surface area contributed by atoms with Crippen LogP contribution >= 0.6 is 11.6 Å². The molecular formula is C17H23ClFN3O2. The van der Waals surface area contributed by atoms with Crippen LogP contribution in [-0.2, 0) is 16.1 Å². The lowest BCUT2D eigenvalue weighted by Crippen LogP contribution is -2.56. The minimum Gasteiger partial charge on any atom is -0.353 e. The molecule has 132 valence electrons. The number of benzene rings is 1. The molecule has 1 aliphatic heterocycles. The quantitative estimate of drug-likeness (QED) is 0.879. The van der Waals surface area contributed by atoms with Crippen molar-refractivity contribution in [2.45, 2.75) is 38.9 Å². The van der Waals surface area contributed by atoms with Crippen molar-refractivity contribution in [1.82, 2.24) is 15.1 Å². The van der Waals surface area contributed by atoms with Gasteiger partial charge in [0.05, 0.1) is 17.5 Å². The number of halogens is 2. The molecule has 7 heteroatoms. The number of piperazine rings is 1. The summed E-state index contributed by atoms with van der Waals surface area (Å²) in [6.45, 7) is 5.37. The summed E-state index contributed by atoms with van der Waals surface area (Å²) in [7, 11) is 1.73. The van der Waals surface area contributed by atoms with Crippen LogP contribution in [0.1, 0.15) is 25.8 Å². The fraction of sp³-hybridized carbons (Fsp3) is 0.529. The Morgan fingerprint density at radius 2 is 2.21 bits per heavy atom. The molecule has 1 aliphatic rings. The van der Waals surface area contributed by atoms with E-state index in [4.69, 9.17) is 11.6 Å². The number of nitrogens with one attached hydrogen (secondary N) is 1. The molecule has 24 heavy (non-hydrogen) atoms. The Morgan fingerprint density at radius 3 is 2.83 bits per heavy atom. The lowest BCUT2D eigenvalue weighted by molar-refractivity contribution is -0.139. The van der Waals surface area contributed by atoms with Gasteiger partial charge in [0.2, 0.25) is 11.8 Å². The fourth-order valence-corrected chi connectivity index (χ4v) is 2.76. The Hall–Kier alpha value is -1.66. The van der Waals surface area contributed by atoms with Gasteiger partial charge >= 0.3 is 0 Å². The molecule has 2 rings (SSSR count). The van der Waals surface area contributed by atoms with Crippen LogP contribution in [0.4, 0.5) is 4.39 Å². The predicted octanol–water partition coefficient (Wildman–Crippen LogP) is 2.04. The largest absolute Gasteiger partial charge is 0.353 e. The van der Waals surface area contributed by atoms with Gasteiger partial charge in [-0.2, -0.15) is 0 Å². The highest BCUT2D eigenvalue weighted by Crippen LogP contribution is 2.19. The van der Waals surface area contributed by atoms with E-state index in [-0.39, 0.29) is 29.3 Å². The second-order valence-electron chi connectivity index (χ2n) is 6.33. The van der Waals surface area contributed by atoms with Crippen molar-refractivity contribution < 1.29 is 14.0 Å². The van der Waals surface area contributed by atoms with Gasteiger partial charge in [-0.3, -0.25) is 14.5 Å². The monoisotopic (exact) mass is 355 g/mol. The van der Waals surface area contributed by atoms with Crippen molar-refractivity contribution in [2.24, 2.45) is 0 Å². The molecule has 1 heterocycles. The normalized spacial score (nSPS) is 18.6. The first kappa shape index (κ1) is 18.7. The Labute approximate surface area is 146 Å². The second kappa shape index (κ2) is 7.94. The standard InChI is InChI=1S/C17H23ClFN3O2/c1-11(2)21(3)16(23)9-15-17(24)20-6-7-22(15)10-12-4-5-13(18)14(19)8-12/h4-5,8,11,15H,6-7,9-10H2,1-3H3,(H,20,24)/t15-/m1/s1. The van der Waals surface area contributed by atoms with E-state index in [2.05, 4.69) is 5.32 Å². The molecule has 1 atom stereocenters. The van der Waals surface area contributed by atoms with Gasteiger partial charge in [-0.15, -0.1) is 0 Å². The summed E-state index contributed by atoms with van der Waals surface area (Å²) in [5.74, 6) is -0.733. The Balaban J connectivity index is 2.12. The summed E-state index contributed by atoms with van der Waals surface area (Å²) in [4.78, 5) is 28.1. The van der Waals surface area contributed by atoms with Gasteiger partial charge in [-0.05, 0) is 31.5 Å². The smallest absolute Gasteiger partial charge is 0.237 e. The molecule has 0 radical (unpaired) electrons. The zero-order chi connectivity index (χ0) is 17.9. The van der Waals surface area contributed by atoms with Crippen LogP contribution in [0, 0.1) is 5.82 Å². The zero-order valence-corrected chi connectivity index (χ0v) is 14.9. The number of amides is 2. The van der Waals surface area contributed by atoms with E-state index in [0.29, 0.717) is 19.6 Å². The van der Waals surface area contributed by atoms with Gasteiger partial charge in [0.15, 0.2) is 0 Å². The first-order chi connectivity index (χ1) is 11.3. The van der Waals surface area contributed by atoms with Crippen LogP contribution in [-0.4, -0.2) is 53.8 Å². The summed E-state index contributed by atoms with van der Waals surface area (Å²) in [6, 6.07) is 4.13. The van der Waals surface area contributed by atoms with Crippen LogP contribution in [0.3, 0.4) is 0 Å². The second-order valence-corrected chi connectivity index (χ2v) is 6.74. The van der Waals surface area contributed by atoms with Gasteiger partial charge in [0.1, 0.15) is 5.82 Å². The number of rotatable bonds is 5. The molecule has 1 N–H and O–H groups in total.